The van der Waals surface area contributed by atoms with Crippen molar-refractivity contribution < 1.29 is 19.1 Å². The van der Waals surface area contributed by atoms with Gasteiger partial charge >= 0.3 is 5.97 Å². The van der Waals surface area contributed by atoms with Crippen molar-refractivity contribution in [1.29, 1.82) is 0 Å². The van der Waals surface area contributed by atoms with Gasteiger partial charge in [-0.25, -0.2) is 0 Å². The molecule has 3 fully saturated rings. The normalized spacial score (nSPS) is 28.8. The van der Waals surface area contributed by atoms with E-state index in [0.29, 0.717) is 0 Å². The van der Waals surface area contributed by atoms with Crippen molar-refractivity contribution >= 4 is 17.8 Å². The number of hydrogen-bond acceptors (Lipinski definition) is 5. The molecule has 4 rings (SSSR count). The number of amides is 2. The molecule has 2 N–H and O–H groups in total. The minimum absolute atomic E-state index is 0.00359. The molecule has 7 heteroatoms. The first-order valence-corrected chi connectivity index (χ1v) is 12.0. The second kappa shape index (κ2) is 10.0. The van der Waals surface area contributed by atoms with Crippen molar-refractivity contribution in [3.63, 3.8) is 0 Å². The van der Waals surface area contributed by atoms with Gasteiger partial charge in [-0.05, 0) is 38.2 Å². The number of carbonyl (C=O) groups excluding carboxylic acids is 3. The quantitative estimate of drug-likeness (QED) is 0.635. The molecule has 0 unspecified atom stereocenters. The molecule has 7 nitrogen and oxygen atoms in total. The standard InChI is InChI=1S/C25H35N3O4/c1-16(17-9-5-3-6-10-17)26-24(30)22-19-13-14-20(23(22)25(31)32-2)28(19)15-21(29)27-18-11-7-4-8-12-18/h3,5-6,9-10,16,18-20,22-23H,4,7-8,11-15H2,1-2H3,(H,26,30)(H,27,29)/t16-,19+,20-,22-,23-/m0/s1. The van der Waals surface area contributed by atoms with E-state index in [1.54, 1.807) is 0 Å². The molecule has 0 radical (unpaired) electrons. The lowest BCUT2D eigenvalue weighted by molar-refractivity contribution is -0.151. The zero-order chi connectivity index (χ0) is 22.7. The van der Waals surface area contributed by atoms with Crippen LogP contribution in [0.3, 0.4) is 0 Å². The number of carbonyl (C=O) groups is 3. The Morgan fingerprint density at radius 2 is 1.66 bits per heavy atom. The van der Waals surface area contributed by atoms with E-state index in [4.69, 9.17) is 4.74 Å². The maximum atomic E-state index is 13.4. The van der Waals surface area contributed by atoms with Gasteiger partial charge in [0, 0.05) is 18.1 Å². The van der Waals surface area contributed by atoms with Crippen LogP contribution in [0, 0.1) is 11.8 Å². The van der Waals surface area contributed by atoms with Crippen LogP contribution >= 0.6 is 0 Å². The van der Waals surface area contributed by atoms with Crippen LogP contribution in [0.4, 0.5) is 0 Å². The number of methoxy groups -OCH3 is 1. The number of hydrogen-bond donors (Lipinski definition) is 2. The summed E-state index contributed by atoms with van der Waals surface area (Å²) < 4.78 is 5.09. The summed E-state index contributed by atoms with van der Waals surface area (Å²) in [5, 5.41) is 6.27. The van der Waals surface area contributed by atoms with Crippen LogP contribution in [0.1, 0.15) is 63.5 Å². The summed E-state index contributed by atoms with van der Waals surface area (Å²) in [7, 11) is 1.37. The third kappa shape index (κ3) is 4.68. The molecule has 0 spiro atoms. The van der Waals surface area contributed by atoms with Crippen molar-refractivity contribution in [1.82, 2.24) is 15.5 Å². The minimum atomic E-state index is -0.538. The highest BCUT2D eigenvalue weighted by molar-refractivity contribution is 5.88. The van der Waals surface area contributed by atoms with Gasteiger partial charge in [0.15, 0.2) is 0 Å². The fourth-order valence-electron chi connectivity index (χ4n) is 6.00. The van der Waals surface area contributed by atoms with Crippen LogP contribution in [0.15, 0.2) is 30.3 Å². The summed E-state index contributed by atoms with van der Waals surface area (Å²) in [6.45, 7) is 2.18. The predicted molar refractivity (Wildman–Crippen MR) is 121 cm³/mol. The van der Waals surface area contributed by atoms with Gasteiger partial charge in [0.05, 0.1) is 31.5 Å². The van der Waals surface area contributed by atoms with E-state index in [9.17, 15) is 14.4 Å². The Balaban J connectivity index is 1.45. The molecule has 0 aromatic heterocycles. The molecule has 3 aliphatic rings. The number of nitrogens with zero attached hydrogens (tertiary/aromatic N) is 1. The average molecular weight is 442 g/mol. The number of esters is 1. The van der Waals surface area contributed by atoms with Crippen LogP contribution in [0.25, 0.3) is 0 Å². The third-order valence-electron chi connectivity index (χ3n) is 7.56. The van der Waals surface area contributed by atoms with Gasteiger partial charge < -0.3 is 15.4 Å². The van der Waals surface area contributed by atoms with Gasteiger partial charge in [0.1, 0.15) is 0 Å². The molecule has 1 aromatic carbocycles. The zero-order valence-electron chi connectivity index (χ0n) is 19.1. The van der Waals surface area contributed by atoms with Crippen molar-refractivity contribution in [2.75, 3.05) is 13.7 Å². The number of ether oxygens (including phenoxy) is 1. The largest absolute Gasteiger partial charge is 0.469 e. The molecule has 2 heterocycles. The van der Waals surface area contributed by atoms with E-state index >= 15 is 0 Å². The smallest absolute Gasteiger partial charge is 0.311 e. The SMILES string of the molecule is COC(=O)[C@@H]1[C@@H](C(=O)N[C@@H](C)c2ccccc2)[C@H]2CC[C@@H]1N2CC(=O)NC1CCCCC1. The topological polar surface area (TPSA) is 87.7 Å². The van der Waals surface area contributed by atoms with Crippen molar-refractivity contribution in [3.8, 4) is 0 Å². The number of benzene rings is 1. The van der Waals surface area contributed by atoms with E-state index in [2.05, 4.69) is 15.5 Å². The molecule has 2 amide bonds. The summed E-state index contributed by atoms with van der Waals surface area (Å²) >= 11 is 0. The first-order chi connectivity index (χ1) is 15.5. The van der Waals surface area contributed by atoms with Gasteiger partial charge in [0.2, 0.25) is 11.8 Å². The monoisotopic (exact) mass is 441 g/mol. The molecular formula is C25H35N3O4. The highest BCUT2D eigenvalue weighted by Gasteiger charge is 2.59. The van der Waals surface area contributed by atoms with E-state index in [-0.39, 0.29) is 48.5 Å². The number of fused-ring (bicyclic) bond motifs is 2. The molecule has 1 saturated carbocycles. The number of nitrogens with one attached hydrogen (secondary N) is 2. The fourth-order valence-corrected chi connectivity index (χ4v) is 6.00. The van der Waals surface area contributed by atoms with Crippen molar-refractivity contribution in [2.45, 2.75) is 76.0 Å². The lowest BCUT2D eigenvalue weighted by Crippen LogP contribution is -2.46. The number of rotatable bonds is 7. The third-order valence-corrected chi connectivity index (χ3v) is 7.56. The van der Waals surface area contributed by atoms with E-state index in [1.807, 2.05) is 37.3 Å². The summed E-state index contributed by atoms with van der Waals surface area (Å²) in [6.07, 6.45) is 7.24. The molecule has 2 aliphatic heterocycles. The fraction of sp³-hybridized carbons (Fsp3) is 0.640. The van der Waals surface area contributed by atoms with Crippen LogP contribution in [0.2, 0.25) is 0 Å². The van der Waals surface area contributed by atoms with E-state index in [0.717, 1.165) is 44.1 Å². The first kappa shape index (κ1) is 22.8. The Morgan fingerprint density at radius 3 is 2.31 bits per heavy atom. The first-order valence-electron chi connectivity index (χ1n) is 12.0. The van der Waals surface area contributed by atoms with Gasteiger partial charge in [-0.15, -0.1) is 0 Å². The maximum absolute atomic E-state index is 13.4. The predicted octanol–water partition coefficient (Wildman–Crippen LogP) is 2.56. The summed E-state index contributed by atoms with van der Waals surface area (Å²) in [5.41, 5.74) is 1.02. The van der Waals surface area contributed by atoms with Crippen LogP contribution < -0.4 is 10.6 Å². The minimum Gasteiger partial charge on any atom is -0.469 e. The van der Waals surface area contributed by atoms with Crippen molar-refractivity contribution in [2.24, 2.45) is 11.8 Å². The van der Waals surface area contributed by atoms with Gasteiger partial charge in [0.25, 0.3) is 0 Å². The highest BCUT2D eigenvalue weighted by atomic mass is 16.5. The Kier molecular flexibility index (Phi) is 7.13. The second-order valence-electron chi connectivity index (χ2n) is 9.50. The molecule has 1 aliphatic carbocycles. The maximum Gasteiger partial charge on any atom is 0.311 e. The van der Waals surface area contributed by atoms with Gasteiger partial charge in [-0.3, -0.25) is 19.3 Å². The molecule has 5 atom stereocenters. The molecule has 2 bridgehead atoms. The highest BCUT2D eigenvalue weighted by Crippen LogP contribution is 2.46. The molecule has 1 aromatic rings. The van der Waals surface area contributed by atoms with Crippen LogP contribution in [-0.4, -0.2) is 54.5 Å². The molecular weight excluding hydrogens is 406 g/mol. The second-order valence-corrected chi connectivity index (χ2v) is 9.50. The Hall–Kier alpha value is -2.41. The van der Waals surface area contributed by atoms with E-state index < -0.39 is 11.8 Å². The van der Waals surface area contributed by atoms with E-state index in [1.165, 1.54) is 13.5 Å². The summed E-state index contributed by atoms with van der Waals surface area (Å²) in [4.78, 5) is 40.9. The molecule has 2 saturated heterocycles. The van der Waals surface area contributed by atoms with Gasteiger partial charge in [-0.1, -0.05) is 49.6 Å². The van der Waals surface area contributed by atoms with Gasteiger partial charge in [-0.2, -0.15) is 0 Å². The Morgan fingerprint density at radius 1 is 1.00 bits per heavy atom. The van der Waals surface area contributed by atoms with Crippen molar-refractivity contribution in [3.05, 3.63) is 35.9 Å². The lowest BCUT2D eigenvalue weighted by atomic mass is 9.78. The molecule has 174 valence electrons. The lowest BCUT2D eigenvalue weighted by Gasteiger charge is -2.28. The Labute approximate surface area is 190 Å². The van der Waals surface area contributed by atoms with Crippen LogP contribution in [0.5, 0.6) is 0 Å². The van der Waals surface area contributed by atoms with Crippen LogP contribution in [-0.2, 0) is 19.1 Å². The average Bonchev–Trinajstić information content (AvgIpc) is 3.34. The Bertz CT molecular complexity index is 824. The zero-order valence-corrected chi connectivity index (χ0v) is 19.1. The summed E-state index contributed by atoms with van der Waals surface area (Å²) in [5.74, 6) is -1.54. The molecule has 32 heavy (non-hydrogen) atoms. The summed E-state index contributed by atoms with van der Waals surface area (Å²) in [6, 6.07) is 9.62.